The Kier molecular flexibility index (Phi) is 6.11. The van der Waals surface area contributed by atoms with Crippen molar-refractivity contribution < 1.29 is 22.4 Å². The van der Waals surface area contributed by atoms with Crippen molar-refractivity contribution in [1.29, 1.82) is 0 Å². The van der Waals surface area contributed by atoms with Gasteiger partial charge in [-0.3, -0.25) is 13.6 Å². The predicted octanol–water partition coefficient (Wildman–Crippen LogP) is 7.28. The molecule has 0 aliphatic carbocycles. The molecule has 6 rings (SSSR count). The van der Waals surface area contributed by atoms with Gasteiger partial charge in [-0.15, -0.1) is 0 Å². The van der Waals surface area contributed by atoms with Crippen molar-refractivity contribution >= 4 is 40.7 Å². The molecule has 0 aliphatic heterocycles. The number of benzene rings is 2. The van der Waals surface area contributed by atoms with Gasteiger partial charge in [0.2, 0.25) is 0 Å². The average molecular weight is 529 g/mol. The van der Waals surface area contributed by atoms with Crippen molar-refractivity contribution in [2.24, 2.45) is 0 Å². The van der Waals surface area contributed by atoms with Gasteiger partial charge in [0.15, 0.2) is 5.78 Å². The van der Waals surface area contributed by atoms with Crippen LogP contribution in [0, 0.1) is 18.6 Å². The molecule has 2 aromatic carbocycles. The van der Waals surface area contributed by atoms with Crippen molar-refractivity contribution in [3.05, 3.63) is 94.4 Å². The van der Waals surface area contributed by atoms with Crippen LogP contribution in [0.5, 0.6) is 0 Å². The number of oxazole rings is 2. The maximum absolute atomic E-state index is 13.1. The molecule has 0 saturated carbocycles. The molecule has 0 atom stereocenters. The molecule has 0 radical (unpaired) electrons. The van der Waals surface area contributed by atoms with Crippen LogP contribution < -0.4 is 0 Å². The lowest BCUT2D eigenvalue weighted by molar-refractivity contribution is 0.101. The highest BCUT2D eigenvalue weighted by atomic mass is 35.5. The number of imidazole rings is 2. The van der Waals surface area contributed by atoms with E-state index in [0.717, 1.165) is 5.76 Å². The summed E-state index contributed by atoms with van der Waals surface area (Å²) in [5, 5.41) is 0.533. The van der Waals surface area contributed by atoms with Gasteiger partial charge in [-0.25, -0.2) is 8.78 Å². The lowest BCUT2D eigenvalue weighted by atomic mass is 10.1. The lowest BCUT2D eigenvalue weighted by Crippen LogP contribution is -1.99. The molecule has 0 unspecified atom stereocenters. The third-order valence-electron chi connectivity index (χ3n) is 5.26. The molecule has 36 heavy (non-hydrogen) atoms. The monoisotopic (exact) mass is 528 g/mol. The molecule has 7 nitrogen and oxygen atoms in total. The minimum Gasteiger partial charge on any atom is -0.432 e. The number of carbonyl (C=O) groups excluding carboxylic acids is 1. The maximum Gasteiger partial charge on any atom is 0.306 e. The summed E-state index contributed by atoms with van der Waals surface area (Å²) in [6.45, 7) is 3.27. The number of hydrogen-bond donors (Lipinski definition) is 0. The number of aromatic nitrogens is 4. The van der Waals surface area contributed by atoms with Gasteiger partial charge in [-0.1, -0.05) is 23.2 Å². The maximum atomic E-state index is 13.1. The Morgan fingerprint density at radius 3 is 2.22 bits per heavy atom. The Labute approximate surface area is 212 Å². The van der Waals surface area contributed by atoms with Crippen LogP contribution in [0.3, 0.4) is 0 Å². The third-order valence-corrected chi connectivity index (χ3v) is 5.89. The first kappa shape index (κ1) is 23.8. The molecule has 0 aliphatic rings. The first-order valence-electron chi connectivity index (χ1n) is 10.5. The fourth-order valence-electron chi connectivity index (χ4n) is 3.73. The molecule has 0 saturated heterocycles. The number of rotatable bonds is 3. The minimum atomic E-state index is -0.443. The second-order valence-electron chi connectivity index (χ2n) is 7.83. The van der Waals surface area contributed by atoms with Crippen LogP contribution in [0.25, 0.3) is 34.2 Å². The minimum absolute atomic E-state index is 0.177. The van der Waals surface area contributed by atoms with Crippen LogP contribution in [-0.4, -0.2) is 24.6 Å². The van der Waals surface area contributed by atoms with Crippen LogP contribution in [0.2, 0.25) is 10.0 Å². The Hall–Kier alpha value is -3.95. The molecule has 4 aromatic heterocycles. The van der Waals surface area contributed by atoms with Crippen molar-refractivity contribution in [2.75, 3.05) is 0 Å². The second kappa shape index (κ2) is 9.25. The Morgan fingerprint density at radius 2 is 1.61 bits per heavy atom. The first-order valence-corrected chi connectivity index (χ1v) is 11.3. The number of nitrogens with zero attached hydrogens (tertiary/aromatic N) is 4. The van der Waals surface area contributed by atoms with Crippen molar-refractivity contribution in [3.8, 4) is 22.5 Å². The van der Waals surface area contributed by atoms with Crippen LogP contribution in [0.15, 0.2) is 70.1 Å². The molecule has 6 aromatic rings. The van der Waals surface area contributed by atoms with Crippen LogP contribution >= 0.6 is 23.2 Å². The number of ketones is 1. The summed E-state index contributed by atoms with van der Waals surface area (Å²) in [6.07, 6.45) is 6.65. The van der Waals surface area contributed by atoms with Gasteiger partial charge in [0.05, 0.1) is 21.9 Å². The standard InChI is InChI=1S/C13H8ClFN2O2.C12H8ClFN2O/c1-7(18)12-11(16-13-17(12)4-5-19-13)9-3-2-8(15)6-10(9)14;1-7-5-16-6-11(15-12(16)17-7)9-3-2-8(14)4-10(9)13/h2-6H,1H3;2-6H,1H3. The van der Waals surface area contributed by atoms with Crippen LogP contribution in [0.4, 0.5) is 8.78 Å². The topological polar surface area (TPSA) is 78.0 Å². The summed E-state index contributed by atoms with van der Waals surface area (Å²) in [4.78, 5) is 20.3. The first-order chi connectivity index (χ1) is 17.2. The number of carbonyl (C=O) groups is 1. The smallest absolute Gasteiger partial charge is 0.306 e. The van der Waals surface area contributed by atoms with E-state index in [2.05, 4.69) is 9.97 Å². The SMILES string of the molecule is CC(=O)c1c(-c2ccc(F)cc2Cl)nc2occn12.Cc1cn2cc(-c3ccc(F)cc3Cl)nc2o1. The zero-order valence-corrected chi connectivity index (χ0v) is 20.3. The van der Waals surface area contributed by atoms with Gasteiger partial charge in [0.1, 0.15) is 35.0 Å². The van der Waals surface area contributed by atoms with E-state index in [1.807, 2.05) is 13.1 Å². The average Bonchev–Trinajstić information content (AvgIpc) is 3.54. The zero-order chi connectivity index (χ0) is 25.6. The third kappa shape index (κ3) is 4.38. The Bertz CT molecular complexity index is 1720. The molecule has 11 heteroatoms. The largest absolute Gasteiger partial charge is 0.432 e. The number of fused-ring (bicyclic) bond motifs is 2. The van der Waals surface area contributed by atoms with E-state index in [1.54, 1.807) is 22.9 Å². The van der Waals surface area contributed by atoms with Gasteiger partial charge < -0.3 is 8.83 Å². The van der Waals surface area contributed by atoms with Crippen molar-refractivity contribution in [1.82, 2.24) is 18.8 Å². The number of hydrogen-bond acceptors (Lipinski definition) is 5. The number of aryl methyl sites for hydroxylation is 1. The van der Waals surface area contributed by atoms with Crippen LogP contribution in [-0.2, 0) is 0 Å². The van der Waals surface area contributed by atoms with Gasteiger partial charge in [-0.05, 0) is 43.3 Å². The Morgan fingerprint density at radius 1 is 0.944 bits per heavy atom. The summed E-state index contributed by atoms with van der Waals surface area (Å²) in [5.41, 5.74) is 2.58. The number of halogens is 4. The molecule has 0 N–H and O–H groups in total. The normalized spacial score (nSPS) is 11.2. The molecule has 0 fully saturated rings. The summed E-state index contributed by atoms with van der Waals surface area (Å²) in [6, 6.07) is 8.17. The van der Waals surface area contributed by atoms with E-state index < -0.39 is 5.82 Å². The van der Waals surface area contributed by atoms with Gasteiger partial charge >= 0.3 is 11.7 Å². The predicted molar refractivity (Wildman–Crippen MR) is 130 cm³/mol. The quantitative estimate of drug-likeness (QED) is 0.225. The van der Waals surface area contributed by atoms with Crippen molar-refractivity contribution in [2.45, 2.75) is 13.8 Å². The van der Waals surface area contributed by atoms with Gasteiger partial charge in [0.25, 0.3) is 0 Å². The van der Waals surface area contributed by atoms with E-state index in [-0.39, 0.29) is 16.6 Å². The Balaban J connectivity index is 0.000000149. The highest BCUT2D eigenvalue weighted by Gasteiger charge is 2.21. The highest BCUT2D eigenvalue weighted by Crippen LogP contribution is 2.32. The van der Waals surface area contributed by atoms with Crippen LogP contribution in [0.1, 0.15) is 23.2 Å². The van der Waals surface area contributed by atoms with Gasteiger partial charge in [0, 0.05) is 30.4 Å². The molecular weight excluding hydrogens is 513 g/mol. The number of Topliss-reactive ketones (excluding diaryl/α,β-unsaturated/α-hetero) is 1. The zero-order valence-electron chi connectivity index (χ0n) is 18.8. The van der Waals surface area contributed by atoms with E-state index in [4.69, 9.17) is 32.0 Å². The summed E-state index contributed by atoms with van der Waals surface area (Å²) < 4.78 is 39.8. The fourth-order valence-corrected chi connectivity index (χ4v) is 4.25. The lowest BCUT2D eigenvalue weighted by Gasteiger charge is -2.03. The van der Waals surface area contributed by atoms with Gasteiger partial charge in [-0.2, -0.15) is 9.97 Å². The summed E-state index contributed by atoms with van der Waals surface area (Å²) in [5.74, 6) is 0.588. The van der Waals surface area contributed by atoms with E-state index in [0.29, 0.717) is 44.9 Å². The van der Waals surface area contributed by atoms with E-state index in [9.17, 15) is 13.6 Å². The van der Waals surface area contributed by atoms with E-state index in [1.165, 1.54) is 47.9 Å². The fraction of sp³-hybridized carbons (Fsp3) is 0.0800. The summed E-state index contributed by atoms with van der Waals surface area (Å²) in [7, 11) is 0. The molecule has 4 heterocycles. The second-order valence-corrected chi connectivity index (χ2v) is 8.64. The molecular formula is C25H16Cl2F2N4O3. The molecule has 182 valence electrons. The highest BCUT2D eigenvalue weighted by molar-refractivity contribution is 6.33. The summed E-state index contributed by atoms with van der Waals surface area (Å²) >= 11 is 12.0. The molecule has 0 amide bonds. The molecule has 0 spiro atoms. The van der Waals surface area contributed by atoms with Crippen molar-refractivity contribution in [3.63, 3.8) is 0 Å². The van der Waals surface area contributed by atoms with E-state index >= 15 is 0 Å². The molecule has 0 bridgehead atoms.